The molecule has 0 atom stereocenters. The number of carbonyl (C=O) groups is 1. The van der Waals surface area contributed by atoms with Crippen molar-refractivity contribution in [1.82, 2.24) is 4.98 Å². The van der Waals surface area contributed by atoms with Gasteiger partial charge in [-0.15, -0.1) is 0 Å². The maximum atomic E-state index is 14.0. The number of pyridine rings is 1. The molecule has 6 heteroatoms. The van der Waals surface area contributed by atoms with Crippen LogP contribution in [0.1, 0.15) is 6.92 Å². The van der Waals surface area contributed by atoms with Crippen LogP contribution in [0.4, 0.5) is 4.39 Å². The van der Waals surface area contributed by atoms with E-state index in [2.05, 4.69) is 36.8 Å². The summed E-state index contributed by atoms with van der Waals surface area (Å²) in [6.07, 6.45) is 1.57. The molecule has 0 spiro atoms. The number of nitrogens with zero attached hydrogens (tertiary/aromatic N) is 1. The lowest BCUT2D eigenvalue weighted by Crippen LogP contribution is -2.03. The Bertz CT molecular complexity index is 616. The van der Waals surface area contributed by atoms with Crippen molar-refractivity contribution in [3.05, 3.63) is 33.1 Å². The zero-order valence-corrected chi connectivity index (χ0v) is 11.8. The molecule has 0 aliphatic carbocycles. The molecule has 0 aliphatic rings. The van der Waals surface area contributed by atoms with Crippen LogP contribution in [0.15, 0.2) is 27.3 Å². The molecule has 2 rings (SSSR count). The Kier molecular flexibility index (Phi) is 3.44. The highest BCUT2D eigenvalue weighted by atomic mass is 79.9. The molecule has 0 radical (unpaired) electrons. The number of hydrogen-bond acceptors (Lipinski definition) is 3. The van der Waals surface area contributed by atoms with E-state index >= 15 is 0 Å². The maximum Gasteiger partial charge on any atom is 0.308 e. The van der Waals surface area contributed by atoms with Gasteiger partial charge in [0.15, 0.2) is 11.6 Å². The lowest BCUT2D eigenvalue weighted by Gasteiger charge is -2.07. The van der Waals surface area contributed by atoms with E-state index in [0.717, 1.165) is 0 Å². The Labute approximate surface area is 113 Å². The molecule has 17 heavy (non-hydrogen) atoms. The van der Waals surface area contributed by atoms with Crippen LogP contribution in [0.25, 0.3) is 10.9 Å². The second kappa shape index (κ2) is 4.70. The summed E-state index contributed by atoms with van der Waals surface area (Å²) in [4.78, 5) is 14.9. The fourth-order valence-corrected chi connectivity index (χ4v) is 2.26. The molecule has 1 aromatic heterocycles. The highest BCUT2D eigenvalue weighted by molar-refractivity contribution is 9.11. The van der Waals surface area contributed by atoms with Gasteiger partial charge in [0.05, 0.1) is 5.52 Å². The zero-order valence-electron chi connectivity index (χ0n) is 8.63. The summed E-state index contributed by atoms with van der Waals surface area (Å²) in [5.41, 5.74) is 0.474. The SMILES string of the molecule is CC(=O)Oc1cc(Br)c2ncc(Br)cc2c1F. The van der Waals surface area contributed by atoms with Crippen LogP contribution in [0.3, 0.4) is 0 Å². The number of benzene rings is 1. The first-order chi connectivity index (χ1) is 7.99. The van der Waals surface area contributed by atoms with E-state index in [1.54, 1.807) is 12.3 Å². The fraction of sp³-hybridized carbons (Fsp3) is 0.0909. The van der Waals surface area contributed by atoms with E-state index in [1.165, 1.54) is 13.0 Å². The summed E-state index contributed by atoms with van der Waals surface area (Å²) < 4.78 is 20.0. The maximum absolute atomic E-state index is 14.0. The van der Waals surface area contributed by atoms with Gasteiger partial charge in [-0.2, -0.15) is 0 Å². The first-order valence-electron chi connectivity index (χ1n) is 4.60. The molecule has 0 N–H and O–H groups in total. The predicted octanol–water partition coefficient (Wildman–Crippen LogP) is 3.82. The van der Waals surface area contributed by atoms with Crippen LogP contribution in [0.5, 0.6) is 5.75 Å². The Morgan fingerprint density at radius 3 is 2.76 bits per heavy atom. The average molecular weight is 363 g/mol. The quantitative estimate of drug-likeness (QED) is 0.571. The van der Waals surface area contributed by atoms with Crippen molar-refractivity contribution in [2.24, 2.45) is 0 Å². The number of aromatic nitrogens is 1. The first-order valence-corrected chi connectivity index (χ1v) is 6.19. The lowest BCUT2D eigenvalue weighted by molar-refractivity contribution is -0.132. The average Bonchev–Trinajstić information content (AvgIpc) is 2.24. The lowest BCUT2D eigenvalue weighted by atomic mass is 10.2. The monoisotopic (exact) mass is 361 g/mol. The molecule has 1 heterocycles. The van der Waals surface area contributed by atoms with Crippen molar-refractivity contribution in [3.63, 3.8) is 0 Å². The van der Waals surface area contributed by atoms with Gasteiger partial charge in [0.2, 0.25) is 0 Å². The van der Waals surface area contributed by atoms with Crippen LogP contribution < -0.4 is 4.74 Å². The Morgan fingerprint density at radius 1 is 1.41 bits per heavy atom. The van der Waals surface area contributed by atoms with Crippen LogP contribution in [-0.2, 0) is 4.79 Å². The summed E-state index contributed by atoms with van der Waals surface area (Å²) in [5, 5.41) is 0.282. The number of hydrogen-bond donors (Lipinski definition) is 0. The number of esters is 1. The van der Waals surface area contributed by atoms with Crippen molar-refractivity contribution in [1.29, 1.82) is 0 Å². The first kappa shape index (κ1) is 12.4. The molecule has 0 fully saturated rings. The van der Waals surface area contributed by atoms with Gasteiger partial charge in [-0.1, -0.05) is 0 Å². The molecular weight excluding hydrogens is 357 g/mol. The number of ether oxygens (including phenoxy) is 1. The van der Waals surface area contributed by atoms with E-state index in [4.69, 9.17) is 4.74 Å². The van der Waals surface area contributed by atoms with Crippen molar-refractivity contribution < 1.29 is 13.9 Å². The molecule has 0 saturated heterocycles. The Balaban J connectivity index is 2.73. The molecule has 0 bridgehead atoms. The standard InChI is InChI=1S/C11H6Br2FNO2/c1-5(16)17-9-3-8(13)11-7(10(9)14)2-6(12)4-15-11/h2-4H,1H3. The molecule has 0 amide bonds. The number of carbonyl (C=O) groups excluding carboxylic acids is 1. The van der Waals surface area contributed by atoms with Gasteiger partial charge >= 0.3 is 5.97 Å². The minimum Gasteiger partial charge on any atom is -0.424 e. The van der Waals surface area contributed by atoms with Gasteiger partial charge in [0, 0.05) is 33.5 Å². The third-order valence-electron chi connectivity index (χ3n) is 2.04. The van der Waals surface area contributed by atoms with Gasteiger partial charge in [0.1, 0.15) is 0 Å². The molecular formula is C11H6Br2FNO2. The molecule has 88 valence electrons. The van der Waals surface area contributed by atoms with Gasteiger partial charge < -0.3 is 4.74 Å². The highest BCUT2D eigenvalue weighted by Crippen LogP contribution is 2.33. The summed E-state index contributed by atoms with van der Waals surface area (Å²) in [7, 11) is 0. The molecule has 2 aromatic rings. The van der Waals surface area contributed by atoms with E-state index in [9.17, 15) is 9.18 Å². The second-order valence-corrected chi connectivity index (χ2v) is 5.08. The van der Waals surface area contributed by atoms with Crippen molar-refractivity contribution in [2.45, 2.75) is 6.92 Å². The number of rotatable bonds is 1. The van der Waals surface area contributed by atoms with Gasteiger partial charge in [-0.25, -0.2) is 4.39 Å². The van der Waals surface area contributed by atoms with Crippen LogP contribution >= 0.6 is 31.9 Å². The Hall–Kier alpha value is -1.01. The van der Waals surface area contributed by atoms with Crippen LogP contribution in [0.2, 0.25) is 0 Å². The molecule has 0 saturated carbocycles. The van der Waals surface area contributed by atoms with E-state index < -0.39 is 11.8 Å². The smallest absolute Gasteiger partial charge is 0.308 e. The highest BCUT2D eigenvalue weighted by Gasteiger charge is 2.14. The Morgan fingerprint density at radius 2 is 2.12 bits per heavy atom. The third-order valence-corrected chi connectivity index (χ3v) is 3.08. The second-order valence-electron chi connectivity index (χ2n) is 3.31. The summed E-state index contributed by atoms with van der Waals surface area (Å²) in [6, 6.07) is 2.97. The van der Waals surface area contributed by atoms with E-state index in [1.807, 2.05) is 0 Å². The zero-order chi connectivity index (χ0) is 12.6. The van der Waals surface area contributed by atoms with Crippen molar-refractivity contribution in [2.75, 3.05) is 0 Å². The number of halogens is 3. The van der Waals surface area contributed by atoms with Crippen LogP contribution in [0, 0.1) is 5.82 Å². The fourth-order valence-electron chi connectivity index (χ4n) is 1.41. The summed E-state index contributed by atoms with van der Waals surface area (Å²) >= 11 is 6.47. The minimum absolute atomic E-state index is 0.114. The minimum atomic E-state index is -0.604. The predicted molar refractivity (Wildman–Crippen MR) is 68.4 cm³/mol. The topological polar surface area (TPSA) is 39.2 Å². The molecule has 0 aliphatic heterocycles. The molecule has 0 unspecified atom stereocenters. The van der Waals surface area contributed by atoms with E-state index in [-0.39, 0.29) is 11.1 Å². The molecule has 3 nitrogen and oxygen atoms in total. The van der Waals surface area contributed by atoms with Crippen LogP contribution in [-0.4, -0.2) is 11.0 Å². The van der Waals surface area contributed by atoms with E-state index in [0.29, 0.717) is 14.5 Å². The molecule has 1 aromatic carbocycles. The third kappa shape index (κ3) is 2.47. The van der Waals surface area contributed by atoms with Gasteiger partial charge in [0.25, 0.3) is 0 Å². The normalized spacial score (nSPS) is 10.6. The summed E-state index contributed by atoms with van der Waals surface area (Å²) in [6.45, 7) is 1.22. The summed E-state index contributed by atoms with van der Waals surface area (Å²) in [5.74, 6) is -1.29. The van der Waals surface area contributed by atoms with Gasteiger partial charge in [-0.3, -0.25) is 9.78 Å². The van der Waals surface area contributed by atoms with Crippen molar-refractivity contribution in [3.8, 4) is 5.75 Å². The van der Waals surface area contributed by atoms with Crippen molar-refractivity contribution >= 4 is 48.7 Å². The number of fused-ring (bicyclic) bond motifs is 1. The van der Waals surface area contributed by atoms with Gasteiger partial charge in [-0.05, 0) is 37.9 Å². The largest absolute Gasteiger partial charge is 0.424 e.